The molecule has 2 aromatic rings. The van der Waals surface area contributed by atoms with Gasteiger partial charge in [-0.25, -0.2) is 13.1 Å². The second kappa shape index (κ2) is 9.01. The number of sulfonamides is 1. The van der Waals surface area contributed by atoms with Crippen molar-refractivity contribution in [2.45, 2.75) is 39.0 Å². The highest BCUT2D eigenvalue weighted by atomic mass is 32.2. The molecule has 0 spiro atoms. The summed E-state index contributed by atoms with van der Waals surface area (Å²) in [5.74, 6) is -0.441. The van der Waals surface area contributed by atoms with Crippen molar-refractivity contribution in [2.75, 3.05) is 18.9 Å². The van der Waals surface area contributed by atoms with Crippen molar-refractivity contribution >= 4 is 27.3 Å². The molecule has 2 aromatic heterocycles. The van der Waals surface area contributed by atoms with E-state index < -0.39 is 21.7 Å². The molecule has 1 N–H and O–H groups in total. The Labute approximate surface area is 163 Å². The number of amides is 1. The molecule has 1 fully saturated rings. The number of hydrogen-bond donors (Lipinski definition) is 1. The van der Waals surface area contributed by atoms with Gasteiger partial charge in [0.05, 0.1) is 25.5 Å². The Morgan fingerprint density at radius 1 is 1.33 bits per heavy atom. The molecule has 3 rings (SSSR count). The molecule has 1 aliphatic heterocycles. The monoisotopic (exact) mass is 412 g/mol. The zero-order valence-electron chi connectivity index (χ0n) is 15.2. The second-order valence-corrected chi connectivity index (χ2v) is 9.76. The van der Waals surface area contributed by atoms with E-state index in [0.29, 0.717) is 18.9 Å². The van der Waals surface area contributed by atoms with Gasteiger partial charge in [0.15, 0.2) is 0 Å². The molecule has 0 aliphatic carbocycles. The zero-order chi connectivity index (χ0) is 19.3. The standard InChI is InChI=1S/C18H24N2O5S2/c1-14-6-7-17(26-14)12-20(11-16-5-3-9-25-16)18(21)13-27(22,23)19-10-15-4-2-8-24-15/h3,5-7,9,15,19H,2,4,8,10-13H2,1H3. The molecule has 7 nitrogen and oxygen atoms in total. The molecule has 1 amide bonds. The zero-order valence-corrected chi connectivity index (χ0v) is 16.9. The summed E-state index contributed by atoms with van der Waals surface area (Å²) >= 11 is 1.59. The minimum atomic E-state index is -3.73. The van der Waals surface area contributed by atoms with Gasteiger partial charge in [-0.1, -0.05) is 0 Å². The van der Waals surface area contributed by atoms with E-state index in [2.05, 4.69) is 4.72 Å². The fraction of sp³-hybridized carbons (Fsp3) is 0.500. The number of nitrogens with zero attached hydrogens (tertiary/aromatic N) is 1. The number of furan rings is 1. The van der Waals surface area contributed by atoms with Gasteiger partial charge >= 0.3 is 0 Å². The van der Waals surface area contributed by atoms with Crippen molar-refractivity contribution < 1.29 is 22.4 Å². The number of rotatable bonds is 9. The molecule has 9 heteroatoms. The van der Waals surface area contributed by atoms with Crippen LogP contribution in [0, 0.1) is 6.92 Å². The molecule has 1 saturated heterocycles. The number of carbonyl (C=O) groups is 1. The average molecular weight is 413 g/mol. The minimum Gasteiger partial charge on any atom is -0.467 e. The third-order valence-corrected chi connectivity index (χ3v) is 6.51. The lowest BCUT2D eigenvalue weighted by molar-refractivity contribution is -0.129. The van der Waals surface area contributed by atoms with Crippen LogP contribution in [0.25, 0.3) is 0 Å². The maximum absolute atomic E-state index is 12.7. The van der Waals surface area contributed by atoms with Gasteiger partial charge in [0, 0.05) is 22.9 Å². The first-order chi connectivity index (χ1) is 12.9. The topological polar surface area (TPSA) is 88.9 Å². The first kappa shape index (κ1) is 20.1. The molecule has 1 unspecified atom stereocenters. The normalized spacial score (nSPS) is 17.3. The molecule has 0 saturated carbocycles. The molecular formula is C18H24N2O5S2. The predicted molar refractivity (Wildman–Crippen MR) is 103 cm³/mol. The van der Waals surface area contributed by atoms with E-state index >= 15 is 0 Å². The van der Waals surface area contributed by atoms with Crippen molar-refractivity contribution in [3.63, 3.8) is 0 Å². The van der Waals surface area contributed by atoms with E-state index in [1.54, 1.807) is 23.5 Å². The molecule has 3 heterocycles. The van der Waals surface area contributed by atoms with Gasteiger partial charge in [-0.2, -0.15) is 0 Å². The molecular weight excluding hydrogens is 388 g/mol. The van der Waals surface area contributed by atoms with Crippen LogP contribution in [-0.2, 0) is 32.6 Å². The van der Waals surface area contributed by atoms with E-state index in [0.717, 1.165) is 22.6 Å². The number of carbonyl (C=O) groups excluding carboxylic acids is 1. The van der Waals surface area contributed by atoms with Crippen LogP contribution < -0.4 is 4.72 Å². The maximum Gasteiger partial charge on any atom is 0.239 e. The summed E-state index contributed by atoms with van der Waals surface area (Å²) in [6, 6.07) is 7.44. The molecule has 148 valence electrons. The van der Waals surface area contributed by atoms with Gasteiger partial charge in [0.25, 0.3) is 0 Å². The van der Waals surface area contributed by atoms with Crippen LogP contribution in [0.3, 0.4) is 0 Å². The van der Waals surface area contributed by atoms with Crippen molar-refractivity contribution in [1.29, 1.82) is 0 Å². The van der Waals surface area contributed by atoms with Crippen molar-refractivity contribution in [2.24, 2.45) is 0 Å². The van der Waals surface area contributed by atoms with Crippen LogP contribution in [0.2, 0.25) is 0 Å². The van der Waals surface area contributed by atoms with Crippen LogP contribution in [-0.4, -0.2) is 44.2 Å². The van der Waals surface area contributed by atoms with Crippen molar-refractivity contribution in [3.05, 3.63) is 46.0 Å². The van der Waals surface area contributed by atoms with Crippen LogP contribution in [0.4, 0.5) is 0 Å². The number of thiophene rings is 1. The Kier molecular flexibility index (Phi) is 6.69. The minimum absolute atomic E-state index is 0.108. The van der Waals surface area contributed by atoms with Crippen molar-refractivity contribution in [3.8, 4) is 0 Å². The van der Waals surface area contributed by atoms with Gasteiger partial charge in [0.2, 0.25) is 15.9 Å². The van der Waals surface area contributed by atoms with E-state index in [-0.39, 0.29) is 19.2 Å². The second-order valence-electron chi connectivity index (χ2n) is 6.58. The smallest absolute Gasteiger partial charge is 0.239 e. The highest BCUT2D eigenvalue weighted by molar-refractivity contribution is 7.90. The lowest BCUT2D eigenvalue weighted by atomic mass is 10.2. The summed E-state index contributed by atoms with van der Waals surface area (Å²) in [6.07, 6.45) is 3.19. The van der Waals surface area contributed by atoms with Crippen molar-refractivity contribution in [1.82, 2.24) is 9.62 Å². The highest BCUT2D eigenvalue weighted by Crippen LogP contribution is 2.19. The van der Waals surface area contributed by atoms with Crippen LogP contribution >= 0.6 is 11.3 Å². The fourth-order valence-corrected chi connectivity index (χ4v) is 4.87. The Balaban J connectivity index is 1.63. The summed E-state index contributed by atoms with van der Waals surface area (Å²) < 4.78 is 37.9. The van der Waals surface area contributed by atoms with E-state index in [1.807, 2.05) is 19.1 Å². The van der Waals surface area contributed by atoms with Gasteiger partial charge < -0.3 is 14.1 Å². The van der Waals surface area contributed by atoms with Gasteiger partial charge in [-0.15, -0.1) is 11.3 Å². The quantitative estimate of drug-likeness (QED) is 0.683. The molecule has 1 atom stereocenters. The lowest BCUT2D eigenvalue weighted by Gasteiger charge is -2.21. The summed E-state index contributed by atoms with van der Waals surface area (Å²) in [7, 11) is -3.73. The maximum atomic E-state index is 12.7. The number of ether oxygens (including phenoxy) is 1. The third kappa shape index (κ3) is 6.17. The molecule has 0 radical (unpaired) electrons. The summed E-state index contributed by atoms with van der Waals surface area (Å²) in [6.45, 7) is 3.43. The average Bonchev–Trinajstić information content (AvgIpc) is 3.35. The fourth-order valence-electron chi connectivity index (χ4n) is 2.91. The predicted octanol–water partition coefficient (Wildman–Crippen LogP) is 2.28. The van der Waals surface area contributed by atoms with Gasteiger partial charge in [-0.05, 0) is 44.0 Å². The van der Waals surface area contributed by atoms with E-state index in [9.17, 15) is 13.2 Å². The van der Waals surface area contributed by atoms with Crippen LogP contribution in [0.5, 0.6) is 0 Å². The van der Waals surface area contributed by atoms with Gasteiger partial charge in [-0.3, -0.25) is 4.79 Å². The summed E-state index contributed by atoms with van der Waals surface area (Å²) in [4.78, 5) is 16.4. The van der Waals surface area contributed by atoms with Gasteiger partial charge in [0.1, 0.15) is 11.5 Å². The number of nitrogens with one attached hydrogen (secondary N) is 1. The Morgan fingerprint density at radius 3 is 2.81 bits per heavy atom. The largest absolute Gasteiger partial charge is 0.467 e. The molecule has 1 aliphatic rings. The first-order valence-corrected chi connectivity index (χ1v) is 11.3. The lowest BCUT2D eigenvalue weighted by Crippen LogP contribution is -2.40. The first-order valence-electron chi connectivity index (χ1n) is 8.86. The Bertz CT molecular complexity index is 839. The molecule has 0 aromatic carbocycles. The van der Waals surface area contributed by atoms with E-state index in [4.69, 9.17) is 9.15 Å². The number of hydrogen-bond acceptors (Lipinski definition) is 6. The molecule has 27 heavy (non-hydrogen) atoms. The SMILES string of the molecule is Cc1ccc(CN(Cc2ccco2)C(=O)CS(=O)(=O)NCC2CCCO2)s1. The Morgan fingerprint density at radius 2 is 2.19 bits per heavy atom. The molecule has 0 bridgehead atoms. The number of aryl methyl sites for hydroxylation is 1. The third-order valence-electron chi connectivity index (χ3n) is 4.29. The Hall–Kier alpha value is -1.68. The van der Waals surface area contributed by atoms with Crippen LogP contribution in [0.1, 0.15) is 28.4 Å². The summed E-state index contributed by atoms with van der Waals surface area (Å²) in [5.41, 5.74) is 0. The van der Waals surface area contributed by atoms with Crippen LogP contribution in [0.15, 0.2) is 34.9 Å². The summed E-state index contributed by atoms with van der Waals surface area (Å²) in [5, 5.41) is 0. The highest BCUT2D eigenvalue weighted by Gasteiger charge is 2.25. The van der Waals surface area contributed by atoms with E-state index in [1.165, 1.54) is 11.2 Å².